The molecule has 1 fully saturated rings. The summed E-state index contributed by atoms with van der Waals surface area (Å²) in [6.45, 7) is 4.07. The van der Waals surface area contributed by atoms with E-state index in [1.807, 2.05) is 12.2 Å². The molecule has 2 aliphatic heterocycles. The molecule has 4 atom stereocenters. The maximum Gasteiger partial charge on any atom is 0.312 e. The van der Waals surface area contributed by atoms with E-state index in [0.29, 0.717) is 13.2 Å². The topological polar surface area (TPSA) is 61.8 Å². The highest BCUT2D eigenvalue weighted by atomic mass is 16.6. The molecule has 17 heavy (non-hydrogen) atoms. The Bertz CT molecular complexity index is 317. The first kappa shape index (κ1) is 12.1. The van der Waals surface area contributed by atoms with E-state index in [1.165, 1.54) is 0 Å². The van der Waals surface area contributed by atoms with Crippen LogP contribution in [0.4, 0.5) is 0 Å². The minimum atomic E-state index is -0.566. The molecule has 94 valence electrons. The average molecular weight is 240 g/mol. The Labute approximate surface area is 99.7 Å². The molecule has 2 bridgehead atoms. The van der Waals surface area contributed by atoms with Gasteiger partial charge < -0.3 is 14.2 Å². The van der Waals surface area contributed by atoms with E-state index in [2.05, 4.69) is 0 Å². The molecule has 0 N–H and O–H groups in total. The second-order valence-electron chi connectivity index (χ2n) is 4.01. The molecular formula is C12H16O5. The molecule has 0 amide bonds. The quantitative estimate of drug-likeness (QED) is 0.534. The van der Waals surface area contributed by atoms with Gasteiger partial charge in [-0.15, -0.1) is 0 Å². The molecule has 0 saturated carbocycles. The Morgan fingerprint density at radius 2 is 1.41 bits per heavy atom. The van der Waals surface area contributed by atoms with Crippen LogP contribution in [0.5, 0.6) is 0 Å². The van der Waals surface area contributed by atoms with Crippen molar-refractivity contribution in [2.75, 3.05) is 13.2 Å². The van der Waals surface area contributed by atoms with Gasteiger partial charge in [0.05, 0.1) is 25.4 Å². The third kappa shape index (κ3) is 2.07. The van der Waals surface area contributed by atoms with Crippen LogP contribution in [0.3, 0.4) is 0 Å². The van der Waals surface area contributed by atoms with E-state index in [4.69, 9.17) is 14.2 Å². The number of hydrogen-bond donors (Lipinski definition) is 0. The summed E-state index contributed by atoms with van der Waals surface area (Å²) in [7, 11) is 0. The fourth-order valence-electron chi connectivity index (χ4n) is 2.35. The zero-order valence-corrected chi connectivity index (χ0v) is 9.92. The van der Waals surface area contributed by atoms with Gasteiger partial charge in [-0.05, 0) is 13.8 Å². The van der Waals surface area contributed by atoms with Gasteiger partial charge in [0.15, 0.2) is 0 Å². The van der Waals surface area contributed by atoms with Crippen molar-refractivity contribution < 1.29 is 23.8 Å². The molecular weight excluding hydrogens is 224 g/mol. The summed E-state index contributed by atoms with van der Waals surface area (Å²) in [4.78, 5) is 23.6. The fourth-order valence-corrected chi connectivity index (χ4v) is 2.35. The number of carbonyl (C=O) groups is 2. The van der Waals surface area contributed by atoms with Crippen molar-refractivity contribution in [2.45, 2.75) is 26.1 Å². The summed E-state index contributed by atoms with van der Waals surface area (Å²) in [5.74, 6) is -1.90. The van der Waals surface area contributed by atoms with Crippen molar-refractivity contribution >= 4 is 11.9 Å². The van der Waals surface area contributed by atoms with Gasteiger partial charge in [0.2, 0.25) is 0 Å². The largest absolute Gasteiger partial charge is 0.466 e. The lowest BCUT2D eigenvalue weighted by atomic mass is 9.83. The first-order chi connectivity index (χ1) is 8.19. The van der Waals surface area contributed by atoms with E-state index in [9.17, 15) is 9.59 Å². The molecule has 5 heteroatoms. The van der Waals surface area contributed by atoms with Crippen LogP contribution in [-0.4, -0.2) is 37.4 Å². The lowest BCUT2D eigenvalue weighted by molar-refractivity contribution is -0.159. The normalized spacial score (nSPS) is 33.8. The van der Waals surface area contributed by atoms with Gasteiger partial charge in [-0.2, -0.15) is 0 Å². The molecule has 1 saturated heterocycles. The Balaban J connectivity index is 2.14. The maximum atomic E-state index is 11.8. The smallest absolute Gasteiger partial charge is 0.312 e. The van der Waals surface area contributed by atoms with Gasteiger partial charge in [-0.3, -0.25) is 9.59 Å². The van der Waals surface area contributed by atoms with E-state index < -0.39 is 11.8 Å². The summed E-state index contributed by atoms with van der Waals surface area (Å²) >= 11 is 0. The monoisotopic (exact) mass is 240 g/mol. The van der Waals surface area contributed by atoms with Crippen molar-refractivity contribution in [1.82, 2.24) is 0 Å². The third-order valence-corrected chi connectivity index (χ3v) is 3.02. The highest BCUT2D eigenvalue weighted by Crippen LogP contribution is 2.40. The number of fused-ring (bicyclic) bond motifs is 2. The van der Waals surface area contributed by atoms with Crippen molar-refractivity contribution in [3.8, 4) is 0 Å². The second-order valence-corrected chi connectivity index (χ2v) is 4.01. The Hall–Kier alpha value is -1.36. The first-order valence-electron chi connectivity index (χ1n) is 5.86. The van der Waals surface area contributed by atoms with E-state index >= 15 is 0 Å². The standard InChI is InChI=1S/C12H16O5/c1-3-15-11(13)9-7-5-6-8(17-7)10(9)12(14)16-4-2/h5-10H,3-4H2,1-2H3/t7-,8+,9?,10?. The summed E-state index contributed by atoms with van der Waals surface area (Å²) in [5.41, 5.74) is 0. The molecule has 2 heterocycles. The zero-order chi connectivity index (χ0) is 12.4. The summed E-state index contributed by atoms with van der Waals surface area (Å²) in [6, 6.07) is 0. The molecule has 0 aromatic rings. The van der Waals surface area contributed by atoms with Crippen molar-refractivity contribution in [3.63, 3.8) is 0 Å². The summed E-state index contributed by atoms with van der Waals surface area (Å²) in [5, 5.41) is 0. The van der Waals surface area contributed by atoms with E-state index in [-0.39, 0.29) is 24.1 Å². The predicted octanol–water partition coefficient (Wildman–Crippen LogP) is 0.682. The third-order valence-electron chi connectivity index (χ3n) is 3.02. The first-order valence-corrected chi connectivity index (χ1v) is 5.86. The van der Waals surface area contributed by atoms with Gasteiger partial charge in [0.1, 0.15) is 11.8 Å². The highest BCUT2D eigenvalue weighted by molar-refractivity contribution is 5.85. The summed E-state index contributed by atoms with van der Waals surface area (Å²) < 4.78 is 15.5. The van der Waals surface area contributed by atoms with Crippen LogP contribution in [-0.2, 0) is 23.8 Å². The number of esters is 2. The Kier molecular flexibility index (Phi) is 3.47. The number of hydrogen-bond acceptors (Lipinski definition) is 5. The molecule has 0 aromatic carbocycles. The van der Waals surface area contributed by atoms with Crippen LogP contribution in [0.25, 0.3) is 0 Å². The molecule has 5 nitrogen and oxygen atoms in total. The van der Waals surface area contributed by atoms with Crippen LogP contribution < -0.4 is 0 Å². The van der Waals surface area contributed by atoms with Crippen LogP contribution in [0.15, 0.2) is 12.2 Å². The van der Waals surface area contributed by atoms with Crippen molar-refractivity contribution in [3.05, 3.63) is 12.2 Å². The molecule has 2 aliphatic rings. The lowest BCUT2D eigenvalue weighted by Gasteiger charge is -2.21. The van der Waals surface area contributed by atoms with Gasteiger partial charge in [-0.1, -0.05) is 12.2 Å². The van der Waals surface area contributed by atoms with Gasteiger partial charge in [0.25, 0.3) is 0 Å². The van der Waals surface area contributed by atoms with Gasteiger partial charge >= 0.3 is 11.9 Å². The number of carbonyl (C=O) groups excluding carboxylic acids is 2. The SMILES string of the molecule is CCOC(=O)C1C(C(=O)OCC)[C@H]2C=C[C@@H]1O2. The molecule has 2 rings (SSSR count). The molecule has 0 radical (unpaired) electrons. The predicted molar refractivity (Wildman–Crippen MR) is 58.0 cm³/mol. The van der Waals surface area contributed by atoms with Crippen molar-refractivity contribution in [2.24, 2.45) is 11.8 Å². The van der Waals surface area contributed by atoms with E-state index in [1.54, 1.807) is 13.8 Å². The van der Waals surface area contributed by atoms with Gasteiger partial charge in [-0.25, -0.2) is 0 Å². The van der Waals surface area contributed by atoms with Crippen LogP contribution in [0, 0.1) is 11.8 Å². The van der Waals surface area contributed by atoms with E-state index in [0.717, 1.165) is 0 Å². The molecule has 0 aromatic heterocycles. The lowest BCUT2D eigenvalue weighted by Crippen LogP contribution is -2.38. The Morgan fingerprint density at radius 1 is 1.00 bits per heavy atom. The fraction of sp³-hybridized carbons (Fsp3) is 0.667. The second kappa shape index (κ2) is 4.87. The number of ether oxygens (including phenoxy) is 3. The zero-order valence-electron chi connectivity index (χ0n) is 9.92. The minimum Gasteiger partial charge on any atom is -0.466 e. The van der Waals surface area contributed by atoms with Crippen LogP contribution in [0.2, 0.25) is 0 Å². The maximum absolute atomic E-state index is 11.8. The Morgan fingerprint density at radius 3 is 1.76 bits per heavy atom. The molecule has 0 spiro atoms. The highest BCUT2D eigenvalue weighted by Gasteiger charge is 2.54. The van der Waals surface area contributed by atoms with Crippen molar-refractivity contribution in [1.29, 1.82) is 0 Å². The molecule has 2 unspecified atom stereocenters. The average Bonchev–Trinajstić information content (AvgIpc) is 2.89. The van der Waals surface area contributed by atoms with Crippen LogP contribution in [0.1, 0.15) is 13.8 Å². The number of rotatable bonds is 4. The minimum absolute atomic E-state index is 0.298. The summed E-state index contributed by atoms with van der Waals surface area (Å²) in [6.07, 6.45) is 2.91. The van der Waals surface area contributed by atoms with Gasteiger partial charge in [0, 0.05) is 0 Å². The molecule has 0 aliphatic carbocycles. The van der Waals surface area contributed by atoms with Crippen LogP contribution >= 0.6 is 0 Å².